The lowest BCUT2D eigenvalue weighted by molar-refractivity contribution is 0.455. The summed E-state index contributed by atoms with van der Waals surface area (Å²) in [6.45, 7) is 1.09. The van der Waals surface area contributed by atoms with Crippen molar-refractivity contribution in [2.75, 3.05) is 18.6 Å². The summed E-state index contributed by atoms with van der Waals surface area (Å²) in [6, 6.07) is 9.41. The number of H-pyrrole nitrogens is 1. The third kappa shape index (κ3) is 3.67. The lowest BCUT2D eigenvalue weighted by Crippen LogP contribution is -2.26. The molecule has 0 atom stereocenters. The van der Waals surface area contributed by atoms with E-state index in [4.69, 9.17) is 11.6 Å². The molecule has 0 spiro atoms. The molecule has 7 nitrogen and oxygen atoms in total. The molecule has 0 saturated heterocycles. The number of hydrogen-bond acceptors (Lipinski definition) is 6. The number of rotatable bonds is 3. The Balaban J connectivity index is 1.70. The molecule has 0 bridgehead atoms. The van der Waals surface area contributed by atoms with E-state index in [-0.39, 0.29) is 10.8 Å². The molecule has 0 amide bonds. The number of likely N-dealkylation sites (N-methyl/N-ethyl adjacent to an activating group) is 1. The highest BCUT2D eigenvalue weighted by atomic mass is 35.5. The van der Waals surface area contributed by atoms with E-state index < -0.39 is 0 Å². The van der Waals surface area contributed by atoms with Crippen molar-refractivity contribution < 1.29 is 5.11 Å². The Morgan fingerprint density at radius 1 is 1.44 bits per heavy atom. The molecule has 1 aromatic carbocycles. The predicted octanol–water partition coefficient (Wildman–Crippen LogP) is 2.21. The van der Waals surface area contributed by atoms with E-state index in [2.05, 4.69) is 15.0 Å². The zero-order valence-electron chi connectivity index (χ0n) is 14.4. The fraction of sp³-hybridized carbons (Fsp3) is 0.167. The van der Waals surface area contributed by atoms with Crippen LogP contribution in [0.15, 0.2) is 46.3 Å². The SMILES string of the molecule is CN1CC(=Cc2sc(=O)[nH]c2O)c2nc(=NCc3cccc(Cl)c3)ccn21. The van der Waals surface area contributed by atoms with E-state index in [1.807, 2.05) is 53.3 Å². The van der Waals surface area contributed by atoms with Crippen molar-refractivity contribution in [2.24, 2.45) is 4.99 Å². The van der Waals surface area contributed by atoms with Crippen molar-refractivity contribution in [3.05, 3.63) is 73.0 Å². The monoisotopic (exact) mass is 401 g/mol. The largest absolute Gasteiger partial charge is 0.493 e. The lowest BCUT2D eigenvalue weighted by Gasteiger charge is -2.13. The van der Waals surface area contributed by atoms with Gasteiger partial charge in [0.25, 0.3) is 0 Å². The van der Waals surface area contributed by atoms with Gasteiger partial charge in [-0.3, -0.25) is 14.8 Å². The van der Waals surface area contributed by atoms with E-state index in [1.165, 1.54) is 0 Å². The van der Waals surface area contributed by atoms with Crippen molar-refractivity contribution in [1.82, 2.24) is 14.6 Å². The van der Waals surface area contributed by atoms with Gasteiger partial charge >= 0.3 is 4.87 Å². The first kappa shape index (κ1) is 17.6. The van der Waals surface area contributed by atoms with E-state index >= 15 is 0 Å². The molecule has 0 fully saturated rings. The van der Waals surface area contributed by atoms with Gasteiger partial charge in [-0.1, -0.05) is 35.1 Å². The molecule has 1 aliphatic rings. The summed E-state index contributed by atoms with van der Waals surface area (Å²) < 4.78 is 1.91. The number of hydrogen-bond donors (Lipinski definition) is 2. The number of thiazole rings is 1. The summed E-state index contributed by atoms with van der Waals surface area (Å²) in [5, 5.41) is 12.5. The minimum absolute atomic E-state index is 0.125. The molecule has 3 aromatic rings. The number of fused-ring (bicyclic) bond motifs is 1. The van der Waals surface area contributed by atoms with E-state index in [0.717, 1.165) is 28.3 Å². The Morgan fingerprint density at radius 3 is 3.04 bits per heavy atom. The van der Waals surface area contributed by atoms with Crippen LogP contribution in [0.2, 0.25) is 5.02 Å². The smallest absolute Gasteiger partial charge is 0.307 e. The van der Waals surface area contributed by atoms with Crippen LogP contribution >= 0.6 is 22.9 Å². The molecule has 138 valence electrons. The second-order valence-corrected chi connectivity index (χ2v) is 7.56. The molecule has 2 N–H and O–H groups in total. The summed E-state index contributed by atoms with van der Waals surface area (Å²) in [6.07, 6.45) is 3.68. The molecule has 4 rings (SSSR count). The zero-order valence-corrected chi connectivity index (χ0v) is 16.0. The van der Waals surface area contributed by atoms with Crippen molar-refractivity contribution in [2.45, 2.75) is 6.54 Å². The van der Waals surface area contributed by atoms with Gasteiger partial charge in [0.2, 0.25) is 5.88 Å². The van der Waals surface area contributed by atoms with E-state index in [1.54, 1.807) is 6.08 Å². The van der Waals surface area contributed by atoms with Crippen LogP contribution in [0.5, 0.6) is 5.88 Å². The number of nitrogens with one attached hydrogen (secondary N) is 1. The zero-order chi connectivity index (χ0) is 19.0. The van der Waals surface area contributed by atoms with Gasteiger partial charge < -0.3 is 10.1 Å². The van der Waals surface area contributed by atoms with E-state index in [0.29, 0.717) is 28.5 Å². The highest BCUT2D eigenvalue weighted by molar-refractivity contribution is 7.10. The number of halogens is 1. The van der Waals surface area contributed by atoms with Crippen molar-refractivity contribution in [3.63, 3.8) is 0 Å². The molecule has 0 radical (unpaired) electrons. The van der Waals surface area contributed by atoms with Crippen LogP contribution in [0.25, 0.3) is 11.6 Å². The summed E-state index contributed by atoms with van der Waals surface area (Å²) in [5.41, 5.74) is 2.50. The molecule has 0 unspecified atom stereocenters. The van der Waals surface area contributed by atoms with Gasteiger partial charge in [-0.25, -0.2) is 9.66 Å². The van der Waals surface area contributed by atoms with Crippen LogP contribution < -0.4 is 15.4 Å². The fourth-order valence-corrected chi connectivity index (χ4v) is 3.80. The predicted molar refractivity (Wildman–Crippen MR) is 106 cm³/mol. The average molecular weight is 402 g/mol. The first-order valence-electron chi connectivity index (χ1n) is 8.19. The van der Waals surface area contributed by atoms with Crippen molar-refractivity contribution in [3.8, 4) is 5.88 Å². The molecule has 9 heteroatoms. The Labute approximate surface area is 163 Å². The van der Waals surface area contributed by atoms with Gasteiger partial charge in [-0.15, -0.1) is 0 Å². The molecule has 0 aliphatic carbocycles. The van der Waals surface area contributed by atoms with Gasteiger partial charge in [0.1, 0.15) is 0 Å². The highest BCUT2D eigenvalue weighted by Gasteiger charge is 2.21. The number of benzene rings is 1. The van der Waals surface area contributed by atoms with Crippen LogP contribution in [-0.2, 0) is 6.54 Å². The van der Waals surface area contributed by atoms with Crippen molar-refractivity contribution in [1.29, 1.82) is 0 Å². The first-order chi connectivity index (χ1) is 13.0. The summed E-state index contributed by atoms with van der Waals surface area (Å²) in [7, 11) is 1.94. The van der Waals surface area contributed by atoms with Gasteiger partial charge in [0.15, 0.2) is 11.3 Å². The maximum Gasteiger partial charge on any atom is 0.307 e. The quantitative estimate of drug-likeness (QED) is 0.704. The van der Waals surface area contributed by atoms with Gasteiger partial charge in [0, 0.05) is 29.9 Å². The summed E-state index contributed by atoms with van der Waals surface area (Å²) >= 11 is 6.97. The molecule has 2 aromatic heterocycles. The van der Waals surface area contributed by atoms with Crippen LogP contribution in [0, 0.1) is 0 Å². The fourth-order valence-electron chi connectivity index (χ4n) is 2.89. The normalized spacial score (nSPS) is 15.6. The topological polar surface area (TPSA) is 86.5 Å². The number of aromatic amines is 1. The Kier molecular flexibility index (Phi) is 4.59. The van der Waals surface area contributed by atoms with Crippen LogP contribution in [0.4, 0.5) is 0 Å². The molecule has 27 heavy (non-hydrogen) atoms. The van der Waals surface area contributed by atoms with Gasteiger partial charge in [-0.2, -0.15) is 0 Å². The minimum Gasteiger partial charge on any atom is -0.493 e. The molecule has 1 aliphatic heterocycles. The second-order valence-electron chi connectivity index (χ2n) is 6.11. The molecule has 0 saturated carbocycles. The number of aromatic nitrogens is 3. The third-order valence-electron chi connectivity index (χ3n) is 4.13. The minimum atomic E-state index is -0.295. The molecule has 3 heterocycles. The maximum atomic E-state index is 11.4. The molecular weight excluding hydrogens is 386 g/mol. The Bertz CT molecular complexity index is 1160. The lowest BCUT2D eigenvalue weighted by atomic mass is 10.2. The first-order valence-corrected chi connectivity index (χ1v) is 9.38. The standard InChI is InChI=1S/C18H16ClN5O2S/c1-23-10-12(8-14-17(25)22-18(26)27-14)16-21-15(5-6-24(16)23)20-9-11-3-2-4-13(19)7-11/h2-8,25H,9-10H2,1H3,(H,22,26). The van der Waals surface area contributed by atoms with Gasteiger partial charge in [-0.05, 0) is 23.8 Å². The summed E-state index contributed by atoms with van der Waals surface area (Å²) in [4.78, 5) is 23.2. The Morgan fingerprint density at radius 2 is 2.30 bits per heavy atom. The average Bonchev–Trinajstić information content (AvgIpc) is 3.12. The summed E-state index contributed by atoms with van der Waals surface area (Å²) in [5.74, 6) is 0.602. The Hall–Kier alpha value is -2.84. The van der Waals surface area contributed by atoms with Crippen LogP contribution in [-0.4, -0.2) is 33.3 Å². The van der Waals surface area contributed by atoms with Gasteiger partial charge in [0.05, 0.1) is 18.0 Å². The third-order valence-corrected chi connectivity index (χ3v) is 5.18. The van der Waals surface area contributed by atoms with Crippen molar-refractivity contribution >= 4 is 34.6 Å². The highest BCUT2D eigenvalue weighted by Crippen LogP contribution is 2.26. The maximum absolute atomic E-state index is 11.4. The molecular formula is C18H16ClN5O2S. The van der Waals surface area contributed by atoms with E-state index in [9.17, 15) is 9.90 Å². The van der Waals surface area contributed by atoms with Crippen LogP contribution in [0.3, 0.4) is 0 Å². The second kappa shape index (κ2) is 7.05. The number of aromatic hydroxyl groups is 1. The van der Waals surface area contributed by atoms with Crippen LogP contribution in [0.1, 0.15) is 16.3 Å². The number of nitrogens with zero attached hydrogens (tertiary/aromatic N) is 4.